The number of likely N-dealkylation sites (N-methyl/N-ethyl adjacent to an activating group) is 1. The van der Waals surface area contributed by atoms with Crippen LogP contribution in [0.2, 0.25) is 0 Å². The van der Waals surface area contributed by atoms with Crippen molar-refractivity contribution in [2.75, 3.05) is 39.0 Å². The second-order valence-corrected chi connectivity index (χ2v) is 5.47. The van der Waals surface area contributed by atoms with Gasteiger partial charge in [0.25, 0.3) is 5.91 Å². The van der Waals surface area contributed by atoms with Crippen molar-refractivity contribution in [1.82, 2.24) is 15.1 Å². The molecule has 1 fully saturated rings. The standard InChI is InChI=1S/C15H22N4O2/c1-11-10-19(8-7-18(11)2)14(20)9-17-15(21)12-3-5-13(16)6-4-12/h3-6,11H,7-10,16H2,1-2H3,(H,17,21). The molecular weight excluding hydrogens is 268 g/mol. The highest BCUT2D eigenvalue weighted by Gasteiger charge is 2.24. The first-order valence-corrected chi connectivity index (χ1v) is 7.09. The molecule has 0 bridgehead atoms. The van der Waals surface area contributed by atoms with E-state index in [1.54, 1.807) is 29.2 Å². The van der Waals surface area contributed by atoms with E-state index in [0.717, 1.165) is 6.54 Å². The summed E-state index contributed by atoms with van der Waals surface area (Å²) in [5, 5.41) is 2.66. The highest BCUT2D eigenvalue weighted by atomic mass is 16.2. The third-order valence-corrected chi connectivity index (χ3v) is 3.89. The highest BCUT2D eigenvalue weighted by molar-refractivity contribution is 5.96. The highest BCUT2D eigenvalue weighted by Crippen LogP contribution is 2.07. The minimum atomic E-state index is -0.259. The molecule has 0 aromatic heterocycles. The van der Waals surface area contributed by atoms with Gasteiger partial charge in [-0.15, -0.1) is 0 Å². The molecule has 1 heterocycles. The fraction of sp³-hybridized carbons (Fsp3) is 0.467. The summed E-state index contributed by atoms with van der Waals surface area (Å²) in [5.74, 6) is -0.302. The Morgan fingerprint density at radius 3 is 2.57 bits per heavy atom. The summed E-state index contributed by atoms with van der Waals surface area (Å²) in [6.45, 7) is 4.38. The van der Waals surface area contributed by atoms with Gasteiger partial charge in [0.05, 0.1) is 6.54 Å². The number of rotatable bonds is 3. The zero-order valence-corrected chi connectivity index (χ0v) is 12.5. The van der Waals surface area contributed by atoms with Crippen molar-refractivity contribution in [3.63, 3.8) is 0 Å². The molecule has 3 N–H and O–H groups in total. The van der Waals surface area contributed by atoms with Gasteiger partial charge in [0.1, 0.15) is 0 Å². The molecule has 6 nitrogen and oxygen atoms in total. The number of anilines is 1. The molecule has 1 aliphatic heterocycles. The normalized spacial score (nSPS) is 19.3. The molecule has 1 atom stereocenters. The fourth-order valence-corrected chi connectivity index (χ4v) is 2.28. The van der Waals surface area contributed by atoms with Crippen LogP contribution in [0.4, 0.5) is 5.69 Å². The second kappa shape index (κ2) is 6.58. The number of hydrogen-bond donors (Lipinski definition) is 2. The average molecular weight is 290 g/mol. The third-order valence-electron chi connectivity index (χ3n) is 3.89. The maximum absolute atomic E-state index is 12.1. The van der Waals surface area contributed by atoms with E-state index in [4.69, 9.17) is 5.73 Å². The van der Waals surface area contributed by atoms with Crippen LogP contribution in [0.5, 0.6) is 0 Å². The van der Waals surface area contributed by atoms with Crippen LogP contribution in [0.25, 0.3) is 0 Å². The Hall–Kier alpha value is -2.08. The van der Waals surface area contributed by atoms with Gasteiger partial charge in [-0.25, -0.2) is 0 Å². The molecule has 1 unspecified atom stereocenters. The number of carbonyl (C=O) groups is 2. The van der Waals surface area contributed by atoms with Crippen molar-refractivity contribution in [2.45, 2.75) is 13.0 Å². The summed E-state index contributed by atoms with van der Waals surface area (Å²) in [4.78, 5) is 28.1. The molecule has 1 aliphatic rings. The molecule has 0 aliphatic carbocycles. The number of piperazine rings is 1. The van der Waals surface area contributed by atoms with E-state index >= 15 is 0 Å². The fourth-order valence-electron chi connectivity index (χ4n) is 2.28. The molecule has 21 heavy (non-hydrogen) atoms. The Balaban J connectivity index is 1.83. The molecule has 0 saturated carbocycles. The van der Waals surface area contributed by atoms with Crippen LogP contribution in [0.15, 0.2) is 24.3 Å². The lowest BCUT2D eigenvalue weighted by molar-refractivity contribution is -0.132. The molecule has 0 radical (unpaired) electrons. The molecular formula is C15H22N4O2. The Bertz CT molecular complexity index is 515. The van der Waals surface area contributed by atoms with Crippen molar-refractivity contribution in [2.24, 2.45) is 0 Å². The summed E-state index contributed by atoms with van der Waals surface area (Å²) in [6, 6.07) is 6.97. The predicted molar refractivity (Wildman–Crippen MR) is 81.9 cm³/mol. The second-order valence-electron chi connectivity index (χ2n) is 5.47. The zero-order chi connectivity index (χ0) is 15.4. The van der Waals surface area contributed by atoms with Crippen molar-refractivity contribution in [3.05, 3.63) is 29.8 Å². The Labute approximate surface area is 124 Å². The van der Waals surface area contributed by atoms with Crippen LogP contribution in [-0.2, 0) is 4.79 Å². The molecule has 1 aromatic carbocycles. The predicted octanol–water partition coefficient (Wildman–Crippen LogP) is 0.161. The lowest BCUT2D eigenvalue weighted by Crippen LogP contribution is -2.53. The van der Waals surface area contributed by atoms with E-state index in [-0.39, 0.29) is 18.4 Å². The Kier molecular flexibility index (Phi) is 4.80. The van der Waals surface area contributed by atoms with Gasteiger partial charge in [0, 0.05) is 36.9 Å². The van der Waals surface area contributed by atoms with Gasteiger partial charge >= 0.3 is 0 Å². The van der Waals surface area contributed by atoms with Gasteiger partial charge in [-0.1, -0.05) is 0 Å². The largest absolute Gasteiger partial charge is 0.399 e. The smallest absolute Gasteiger partial charge is 0.251 e. The molecule has 1 saturated heterocycles. The maximum Gasteiger partial charge on any atom is 0.251 e. The number of nitrogens with one attached hydrogen (secondary N) is 1. The van der Waals surface area contributed by atoms with Gasteiger partial charge in [0.2, 0.25) is 5.91 Å². The van der Waals surface area contributed by atoms with Crippen molar-refractivity contribution in [3.8, 4) is 0 Å². The van der Waals surface area contributed by atoms with E-state index in [9.17, 15) is 9.59 Å². The first-order chi connectivity index (χ1) is 9.97. The summed E-state index contributed by atoms with van der Waals surface area (Å²) in [6.07, 6.45) is 0. The topological polar surface area (TPSA) is 78.7 Å². The van der Waals surface area contributed by atoms with Crippen LogP contribution in [-0.4, -0.2) is 60.9 Å². The Morgan fingerprint density at radius 1 is 1.29 bits per heavy atom. The van der Waals surface area contributed by atoms with Gasteiger partial charge < -0.3 is 20.9 Å². The SMILES string of the molecule is CC1CN(C(=O)CNC(=O)c2ccc(N)cc2)CCN1C. The van der Waals surface area contributed by atoms with E-state index in [1.165, 1.54) is 0 Å². The molecule has 1 aromatic rings. The number of nitrogens with zero attached hydrogens (tertiary/aromatic N) is 2. The third kappa shape index (κ3) is 3.95. The van der Waals surface area contributed by atoms with Crippen LogP contribution >= 0.6 is 0 Å². The molecule has 114 valence electrons. The monoisotopic (exact) mass is 290 g/mol. The van der Waals surface area contributed by atoms with Gasteiger partial charge in [-0.3, -0.25) is 9.59 Å². The van der Waals surface area contributed by atoms with E-state index in [1.807, 2.05) is 0 Å². The average Bonchev–Trinajstić information content (AvgIpc) is 2.48. The number of benzene rings is 1. The zero-order valence-electron chi connectivity index (χ0n) is 12.5. The summed E-state index contributed by atoms with van der Waals surface area (Å²) < 4.78 is 0. The van der Waals surface area contributed by atoms with E-state index in [2.05, 4.69) is 24.2 Å². The lowest BCUT2D eigenvalue weighted by Gasteiger charge is -2.37. The van der Waals surface area contributed by atoms with Crippen LogP contribution < -0.4 is 11.1 Å². The van der Waals surface area contributed by atoms with Crippen molar-refractivity contribution >= 4 is 17.5 Å². The van der Waals surface area contributed by atoms with Crippen LogP contribution in [0, 0.1) is 0 Å². The van der Waals surface area contributed by atoms with E-state index in [0.29, 0.717) is 30.4 Å². The number of hydrogen-bond acceptors (Lipinski definition) is 4. The van der Waals surface area contributed by atoms with Crippen molar-refractivity contribution in [1.29, 1.82) is 0 Å². The molecule has 6 heteroatoms. The van der Waals surface area contributed by atoms with Gasteiger partial charge in [-0.05, 0) is 38.2 Å². The number of nitrogen functional groups attached to an aromatic ring is 1. The number of nitrogens with two attached hydrogens (primary N) is 1. The van der Waals surface area contributed by atoms with E-state index < -0.39 is 0 Å². The maximum atomic E-state index is 12.1. The first-order valence-electron chi connectivity index (χ1n) is 7.09. The first kappa shape index (κ1) is 15.3. The van der Waals surface area contributed by atoms with Crippen molar-refractivity contribution < 1.29 is 9.59 Å². The number of carbonyl (C=O) groups excluding carboxylic acids is 2. The minimum absolute atomic E-state index is 0.0274. The molecule has 2 rings (SSSR count). The van der Waals surface area contributed by atoms with Gasteiger partial charge in [-0.2, -0.15) is 0 Å². The van der Waals surface area contributed by atoms with Crippen LogP contribution in [0.3, 0.4) is 0 Å². The Morgan fingerprint density at radius 2 is 1.95 bits per heavy atom. The molecule has 0 spiro atoms. The number of amides is 2. The quantitative estimate of drug-likeness (QED) is 0.777. The van der Waals surface area contributed by atoms with Crippen LogP contribution in [0.1, 0.15) is 17.3 Å². The summed E-state index contributed by atoms with van der Waals surface area (Å²) in [7, 11) is 2.05. The lowest BCUT2D eigenvalue weighted by atomic mass is 10.2. The summed E-state index contributed by atoms with van der Waals surface area (Å²) >= 11 is 0. The molecule has 2 amide bonds. The summed E-state index contributed by atoms with van der Waals surface area (Å²) in [5.41, 5.74) is 6.68. The van der Waals surface area contributed by atoms with Gasteiger partial charge in [0.15, 0.2) is 0 Å². The minimum Gasteiger partial charge on any atom is -0.399 e.